The van der Waals surface area contributed by atoms with Crippen LogP contribution in [0.1, 0.15) is 24.2 Å². The number of ether oxygens (including phenoxy) is 1. The summed E-state index contributed by atoms with van der Waals surface area (Å²) in [5.74, 6) is 1.09. The number of carbonyl (C=O) groups excluding carboxylic acids is 1. The van der Waals surface area contributed by atoms with Crippen LogP contribution < -0.4 is 5.32 Å². The van der Waals surface area contributed by atoms with Gasteiger partial charge in [-0.25, -0.2) is 9.97 Å². The van der Waals surface area contributed by atoms with Gasteiger partial charge in [0.2, 0.25) is 5.91 Å². The number of carbonyl (C=O) groups is 1. The maximum Gasteiger partial charge on any atom is 0.222 e. The third-order valence-electron chi connectivity index (χ3n) is 6.03. The minimum absolute atomic E-state index is 0.0544. The molecule has 0 radical (unpaired) electrons. The maximum absolute atomic E-state index is 12.3. The van der Waals surface area contributed by atoms with Gasteiger partial charge >= 0.3 is 0 Å². The van der Waals surface area contributed by atoms with Crippen molar-refractivity contribution in [2.75, 3.05) is 26.2 Å². The van der Waals surface area contributed by atoms with Gasteiger partial charge in [0.15, 0.2) is 0 Å². The summed E-state index contributed by atoms with van der Waals surface area (Å²) in [7, 11) is 3.99. The summed E-state index contributed by atoms with van der Waals surface area (Å²) in [4.78, 5) is 23.3. The Bertz CT molecular complexity index is 800. The Balaban J connectivity index is 1.21. The molecule has 0 bridgehead atoms. The lowest BCUT2D eigenvalue weighted by molar-refractivity contribution is -0.123. The number of rotatable bonds is 7. The molecule has 152 valence electrons. The topological polar surface area (TPSA) is 77.2 Å². The lowest BCUT2D eigenvalue weighted by atomic mass is 9.83. The van der Waals surface area contributed by atoms with Crippen LogP contribution in [0.5, 0.6) is 0 Å². The van der Waals surface area contributed by atoms with Crippen LogP contribution in [0.4, 0.5) is 0 Å². The smallest absolute Gasteiger partial charge is 0.222 e. The van der Waals surface area contributed by atoms with Gasteiger partial charge in [0, 0.05) is 58.5 Å². The average molecular weight is 387 g/mol. The number of fused-ring (bicyclic) bond motifs is 1. The molecule has 1 N–H and O–H groups in total. The number of aromatic nitrogens is 4. The monoisotopic (exact) mass is 386 g/mol. The van der Waals surface area contributed by atoms with Crippen LogP contribution in [0.15, 0.2) is 25.0 Å². The molecule has 0 aromatic carbocycles. The molecule has 2 saturated heterocycles. The first-order valence-electron chi connectivity index (χ1n) is 10.1. The number of amides is 1. The van der Waals surface area contributed by atoms with Gasteiger partial charge in [0.25, 0.3) is 0 Å². The number of piperidine rings is 1. The lowest BCUT2D eigenvalue weighted by Crippen LogP contribution is -2.42. The van der Waals surface area contributed by atoms with Crippen molar-refractivity contribution in [1.29, 1.82) is 0 Å². The molecule has 1 amide bonds. The maximum atomic E-state index is 12.3. The molecule has 0 spiro atoms. The lowest BCUT2D eigenvalue weighted by Gasteiger charge is -2.35. The highest BCUT2D eigenvalue weighted by Crippen LogP contribution is 2.36. The van der Waals surface area contributed by atoms with E-state index in [-0.39, 0.29) is 12.0 Å². The number of hydrogen-bond donors (Lipinski definition) is 1. The molecule has 28 heavy (non-hydrogen) atoms. The van der Waals surface area contributed by atoms with Gasteiger partial charge in [-0.05, 0) is 18.9 Å². The van der Waals surface area contributed by atoms with Gasteiger partial charge in [-0.3, -0.25) is 9.69 Å². The van der Waals surface area contributed by atoms with Gasteiger partial charge in [-0.15, -0.1) is 0 Å². The van der Waals surface area contributed by atoms with E-state index in [9.17, 15) is 4.79 Å². The van der Waals surface area contributed by atoms with Gasteiger partial charge < -0.3 is 19.2 Å². The van der Waals surface area contributed by atoms with Crippen LogP contribution >= 0.6 is 0 Å². The summed E-state index contributed by atoms with van der Waals surface area (Å²) in [6.07, 6.45) is 9.92. The van der Waals surface area contributed by atoms with Crippen molar-refractivity contribution in [2.24, 2.45) is 25.9 Å². The summed E-state index contributed by atoms with van der Waals surface area (Å²) in [6.45, 7) is 4.40. The molecule has 3 atom stereocenters. The Morgan fingerprint density at radius 2 is 2.25 bits per heavy atom. The summed E-state index contributed by atoms with van der Waals surface area (Å²) in [5, 5.41) is 3.02. The highest BCUT2D eigenvalue weighted by Gasteiger charge is 2.41. The zero-order valence-electron chi connectivity index (χ0n) is 16.8. The van der Waals surface area contributed by atoms with Gasteiger partial charge in [0.05, 0.1) is 43.2 Å². The Kier molecular flexibility index (Phi) is 5.77. The predicted molar refractivity (Wildman–Crippen MR) is 104 cm³/mol. The van der Waals surface area contributed by atoms with Crippen molar-refractivity contribution in [3.8, 4) is 0 Å². The van der Waals surface area contributed by atoms with E-state index in [1.807, 2.05) is 37.4 Å². The van der Waals surface area contributed by atoms with E-state index in [4.69, 9.17) is 4.74 Å². The van der Waals surface area contributed by atoms with E-state index in [0.717, 1.165) is 44.8 Å². The quantitative estimate of drug-likeness (QED) is 0.760. The first-order chi connectivity index (χ1) is 13.6. The van der Waals surface area contributed by atoms with E-state index in [1.54, 1.807) is 6.33 Å². The molecular weight excluding hydrogens is 356 g/mol. The Labute approximate surface area is 165 Å². The number of nitrogens with zero attached hydrogens (tertiary/aromatic N) is 5. The fraction of sp³-hybridized carbons (Fsp3) is 0.650. The number of imidazole rings is 2. The Hall–Kier alpha value is -2.19. The standard InChI is InChI=1S/C20H30N6O2/c1-24-10-16(23-14-24)3-5-22-20(27)7-19-18-4-6-26(9-15(18)12-28-19)11-17-8-21-13-25(17)2/h8,10,13-15,18-19H,3-7,9,11-12H2,1-2H3,(H,22,27)/t15-,18-,19+/m1/s1. The summed E-state index contributed by atoms with van der Waals surface area (Å²) in [5.41, 5.74) is 2.24. The van der Waals surface area contributed by atoms with Crippen LogP contribution in [0.25, 0.3) is 0 Å². The highest BCUT2D eigenvalue weighted by molar-refractivity contribution is 5.76. The van der Waals surface area contributed by atoms with Crippen LogP contribution in [0, 0.1) is 11.8 Å². The van der Waals surface area contributed by atoms with Crippen molar-refractivity contribution in [3.05, 3.63) is 36.4 Å². The molecule has 0 saturated carbocycles. The van der Waals surface area contributed by atoms with E-state index in [2.05, 4.69) is 24.8 Å². The van der Waals surface area contributed by atoms with E-state index >= 15 is 0 Å². The fourth-order valence-corrected chi connectivity index (χ4v) is 4.46. The van der Waals surface area contributed by atoms with Crippen molar-refractivity contribution in [2.45, 2.75) is 31.9 Å². The summed E-state index contributed by atoms with van der Waals surface area (Å²) in [6, 6.07) is 0. The minimum atomic E-state index is 0.0544. The van der Waals surface area contributed by atoms with Gasteiger partial charge in [0.1, 0.15) is 0 Å². The third kappa shape index (κ3) is 4.44. The van der Waals surface area contributed by atoms with Crippen molar-refractivity contribution < 1.29 is 9.53 Å². The van der Waals surface area contributed by atoms with Crippen LogP contribution in [0.3, 0.4) is 0 Å². The molecule has 2 aliphatic heterocycles. The van der Waals surface area contributed by atoms with E-state index in [0.29, 0.717) is 24.8 Å². The van der Waals surface area contributed by atoms with Gasteiger partial charge in [-0.2, -0.15) is 0 Å². The van der Waals surface area contributed by atoms with E-state index in [1.165, 1.54) is 5.69 Å². The van der Waals surface area contributed by atoms with Crippen LogP contribution in [0.2, 0.25) is 0 Å². The number of likely N-dealkylation sites (tertiary alicyclic amines) is 1. The van der Waals surface area contributed by atoms with Crippen molar-refractivity contribution >= 4 is 5.91 Å². The Morgan fingerprint density at radius 1 is 1.36 bits per heavy atom. The zero-order valence-corrected chi connectivity index (χ0v) is 16.8. The number of nitrogens with one attached hydrogen (secondary N) is 1. The van der Waals surface area contributed by atoms with Crippen LogP contribution in [-0.2, 0) is 36.6 Å². The largest absolute Gasteiger partial charge is 0.377 e. The first kappa shape index (κ1) is 19.1. The number of aryl methyl sites for hydroxylation is 2. The average Bonchev–Trinajstić information content (AvgIpc) is 3.37. The molecule has 8 nitrogen and oxygen atoms in total. The molecular formula is C20H30N6O2. The highest BCUT2D eigenvalue weighted by atomic mass is 16.5. The Morgan fingerprint density at radius 3 is 3.00 bits per heavy atom. The second-order valence-electron chi connectivity index (χ2n) is 8.15. The van der Waals surface area contributed by atoms with Gasteiger partial charge in [-0.1, -0.05) is 0 Å². The second-order valence-corrected chi connectivity index (χ2v) is 8.15. The molecule has 4 rings (SSSR count). The van der Waals surface area contributed by atoms with Crippen LogP contribution in [-0.4, -0.2) is 62.3 Å². The number of hydrogen-bond acceptors (Lipinski definition) is 5. The predicted octanol–water partition coefficient (Wildman–Crippen LogP) is 0.740. The molecule has 4 heterocycles. The molecule has 2 aliphatic rings. The molecule has 2 aromatic heterocycles. The summed E-state index contributed by atoms with van der Waals surface area (Å²) < 4.78 is 10.0. The van der Waals surface area contributed by atoms with E-state index < -0.39 is 0 Å². The molecule has 0 unspecified atom stereocenters. The fourth-order valence-electron chi connectivity index (χ4n) is 4.46. The second kappa shape index (κ2) is 8.45. The SMILES string of the molecule is Cn1cnc(CCNC(=O)C[C@@H]2OC[C@H]3CN(Cc4cncn4C)CC[C@H]32)c1. The molecule has 0 aliphatic carbocycles. The molecule has 2 aromatic rings. The first-order valence-corrected chi connectivity index (χ1v) is 10.1. The third-order valence-corrected chi connectivity index (χ3v) is 6.03. The minimum Gasteiger partial charge on any atom is -0.377 e. The summed E-state index contributed by atoms with van der Waals surface area (Å²) >= 11 is 0. The molecule has 8 heteroatoms. The van der Waals surface area contributed by atoms with Crippen molar-refractivity contribution in [3.63, 3.8) is 0 Å². The normalized spacial score (nSPS) is 25.0. The zero-order chi connectivity index (χ0) is 19.5. The van der Waals surface area contributed by atoms with Crippen molar-refractivity contribution in [1.82, 2.24) is 29.3 Å². The molecule has 2 fully saturated rings.